The molecule has 0 fully saturated rings. The van der Waals surface area contributed by atoms with E-state index >= 15 is 0 Å². The van der Waals surface area contributed by atoms with E-state index in [-0.39, 0.29) is 11.2 Å². The summed E-state index contributed by atoms with van der Waals surface area (Å²) in [6, 6.07) is 12.8. The monoisotopic (exact) mass is 332 g/mol. The molecule has 0 atom stereocenters. The number of benzene rings is 2. The second-order valence-corrected chi connectivity index (χ2v) is 4.97. The molecule has 2 aromatic carbocycles. The molecule has 1 aromatic heterocycles. The van der Waals surface area contributed by atoms with Gasteiger partial charge in [0.1, 0.15) is 17.2 Å². The summed E-state index contributed by atoms with van der Waals surface area (Å²) in [5, 5.41) is 1.17. The van der Waals surface area contributed by atoms with E-state index < -0.39 is 0 Å². The van der Waals surface area contributed by atoms with Crippen LogP contribution in [-0.2, 0) is 5.33 Å². The molecule has 0 aliphatic heterocycles. The fourth-order valence-corrected chi connectivity index (χ4v) is 2.62. The highest BCUT2D eigenvalue weighted by atomic mass is 79.9. The van der Waals surface area contributed by atoms with E-state index in [0.29, 0.717) is 27.6 Å². The zero-order valence-corrected chi connectivity index (χ0v) is 12.0. The number of hydrogen-bond donors (Lipinski definition) is 0. The smallest absolute Gasteiger partial charge is 0.193 e. The average Bonchev–Trinajstić information content (AvgIpc) is 2.47. The van der Waals surface area contributed by atoms with Crippen molar-refractivity contribution in [2.45, 2.75) is 5.33 Å². The summed E-state index contributed by atoms with van der Waals surface area (Å²) in [7, 11) is 0. The van der Waals surface area contributed by atoms with Crippen LogP contribution in [0.1, 0.15) is 5.56 Å². The molecule has 0 spiro atoms. The van der Waals surface area contributed by atoms with E-state index in [1.165, 1.54) is 18.2 Å². The first-order chi connectivity index (χ1) is 9.69. The van der Waals surface area contributed by atoms with Crippen molar-refractivity contribution >= 4 is 26.9 Å². The highest BCUT2D eigenvalue weighted by Gasteiger charge is 2.09. The molecule has 20 heavy (non-hydrogen) atoms. The lowest BCUT2D eigenvalue weighted by Crippen LogP contribution is -2.03. The van der Waals surface area contributed by atoms with E-state index in [4.69, 9.17) is 4.42 Å². The molecule has 100 valence electrons. The molecule has 0 aliphatic carbocycles. The first-order valence-electron chi connectivity index (χ1n) is 6.06. The Morgan fingerprint density at radius 2 is 1.85 bits per heavy atom. The summed E-state index contributed by atoms with van der Waals surface area (Å²) in [6.07, 6.45) is 0. The van der Waals surface area contributed by atoms with Gasteiger partial charge in [-0.1, -0.05) is 28.1 Å². The van der Waals surface area contributed by atoms with Crippen LogP contribution in [-0.4, -0.2) is 0 Å². The zero-order chi connectivity index (χ0) is 14.1. The van der Waals surface area contributed by atoms with Crippen LogP contribution in [0.3, 0.4) is 0 Å². The zero-order valence-electron chi connectivity index (χ0n) is 10.4. The molecule has 0 radical (unpaired) electrons. The minimum Gasteiger partial charge on any atom is -0.456 e. The van der Waals surface area contributed by atoms with Crippen molar-refractivity contribution in [3.63, 3.8) is 0 Å². The maximum absolute atomic E-state index is 12.9. The Kier molecular flexibility index (Phi) is 3.40. The summed E-state index contributed by atoms with van der Waals surface area (Å²) >= 11 is 3.36. The van der Waals surface area contributed by atoms with Gasteiger partial charge in [-0.15, -0.1) is 0 Å². The minimum absolute atomic E-state index is 0.0966. The molecule has 0 aliphatic rings. The maximum atomic E-state index is 12.9. The van der Waals surface area contributed by atoms with Gasteiger partial charge in [-0.2, -0.15) is 0 Å². The number of fused-ring (bicyclic) bond motifs is 1. The van der Waals surface area contributed by atoms with Gasteiger partial charge < -0.3 is 4.42 Å². The average molecular weight is 333 g/mol. The second kappa shape index (κ2) is 5.21. The van der Waals surface area contributed by atoms with Crippen LogP contribution >= 0.6 is 15.9 Å². The number of rotatable bonds is 2. The van der Waals surface area contributed by atoms with Crippen LogP contribution in [0.2, 0.25) is 0 Å². The van der Waals surface area contributed by atoms with Gasteiger partial charge >= 0.3 is 0 Å². The summed E-state index contributed by atoms with van der Waals surface area (Å²) < 4.78 is 18.7. The van der Waals surface area contributed by atoms with Gasteiger partial charge in [0.25, 0.3) is 0 Å². The van der Waals surface area contributed by atoms with E-state index in [1.807, 2.05) is 12.1 Å². The Morgan fingerprint density at radius 3 is 2.55 bits per heavy atom. The van der Waals surface area contributed by atoms with E-state index in [1.54, 1.807) is 18.2 Å². The summed E-state index contributed by atoms with van der Waals surface area (Å²) in [6.45, 7) is 0. The molecule has 0 saturated carbocycles. The van der Waals surface area contributed by atoms with Crippen molar-refractivity contribution in [2.75, 3.05) is 0 Å². The SMILES string of the molecule is O=c1cc(-c2ccc(F)cc2)oc2cccc(CBr)c12. The molecular formula is C16H10BrFO2. The Labute approximate surface area is 123 Å². The molecule has 4 heteroatoms. The first kappa shape index (κ1) is 13.1. The van der Waals surface area contributed by atoms with E-state index in [9.17, 15) is 9.18 Å². The van der Waals surface area contributed by atoms with Gasteiger partial charge in [-0.3, -0.25) is 4.79 Å². The van der Waals surface area contributed by atoms with E-state index in [2.05, 4.69) is 15.9 Å². The molecular weight excluding hydrogens is 323 g/mol. The van der Waals surface area contributed by atoms with Crippen LogP contribution in [0.15, 0.2) is 57.7 Å². The van der Waals surface area contributed by atoms with Gasteiger partial charge in [0.15, 0.2) is 5.43 Å². The summed E-state index contributed by atoms with van der Waals surface area (Å²) in [5.41, 5.74) is 2.01. The van der Waals surface area contributed by atoms with Crippen molar-refractivity contribution in [3.8, 4) is 11.3 Å². The molecule has 3 rings (SSSR count). The Balaban J connectivity index is 2.25. The predicted molar refractivity (Wildman–Crippen MR) is 80.5 cm³/mol. The van der Waals surface area contributed by atoms with Crippen molar-refractivity contribution in [2.24, 2.45) is 0 Å². The van der Waals surface area contributed by atoms with Gasteiger partial charge in [-0.05, 0) is 35.9 Å². The Hall–Kier alpha value is -1.94. The summed E-state index contributed by atoms with van der Waals surface area (Å²) in [4.78, 5) is 12.3. The quantitative estimate of drug-likeness (QED) is 0.647. The predicted octanol–water partition coefficient (Wildman–Crippen LogP) is 4.49. The van der Waals surface area contributed by atoms with Crippen molar-refractivity contribution in [1.82, 2.24) is 0 Å². The van der Waals surface area contributed by atoms with Gasteiger partial charge in [0, 0.05) is 17.0 Å². The highest BCUT2D eigenvalue weighted by Crippen LogP contribution is 2.24. The van der Waals surface area contributed by atoms with Crippen molar-refractivity contribution < 1.29 is 8.81 Å². The Morgan fingerprint density at radius 1 is 1.10 bits per heavy atom. The normalized spacial score (nSPS) is 10.9. The first-order valence-corrected chi connectivity index (χ1v) is 7.19. The number of alkyl halides is 1. The summed E-state index contributed by atoms with van der Waals surface area (Å²) in [5.74, 6) is 0.118. The van der Waals surface area contributed by atoms with Crippen LogP contribution in [0.4, 0.5) is 4.39 Å². The number of halogens is 2. The standard InChI is InChI=1S/C16H10BrFO2/c17-9-11-2-1-3-14-16(11)13(19)8-15(20-14)10-4-6-12(18)7-5-10/h1-8H,9H2. The lowest BCUT2D eigenvalue weighted by Gasteiger charge is -2.05. The molecule has 0 unspecified atom stereocenters. The molecule has 0 amide bonds. The molecule has 2 nitrogen and oxygen atoms in total. The third-order valence-corrected chi connectivity index (χ3v) is 3.72. The van der Waals surface area contributed by atoms with Crippen LogP contribution < -0.4 is 5.43 Å². The van der Waals surface area contributed by atoms with E-state index in [0.717, 1.165) is 5.56 Å². The maximum Gasteiger partial charge on any atom is 0.193 e. The second-order valence-electron chi connectivity index (χ2n) is 4.41. The lowest BCUT2D eigenvalue weighted by atomic mass is 10.1. The van der Waals surface area contributed by atoms with Gasteiger partial charge in [0.05, 0.1) is 5.39 Å². The molecule has 1 heterocycles. The van der Waals surface area contributed by atoms with Gasteiger partial charge in [-0.25, -0.2) is 4.39 Å². The number of hydrogen-bond acceptors (Lipinski definition) is 2. The third kappa shape index (κ3) is 2.27. The highest BCUT2D eigenvalue weighted by molar-refractivity contribution is 9.08. The van der Waals surface area contributed by atoms with Crippen LogP contribution in [0.5, 0.6) is 0 Å². The largest absolute Gasteiger partial charge is 0.456 e. The fraction of sp³-hybridized carbons (Fsp3) is 0.0625. The molecule has 0 bridgehead atoms. The van der Waals surface area contributed by atoms with Crippen molar-refractivity contribution in [3.05, 3.63) is 70.1 Å². The van der Waals surface area contributed by atoms with Crippen molar-refractivity contribution in [1.29, 1.82) is 0 Å². The topological polar surface area (TPSA) is 30.2 Å². The Bertz CT molecular complexity index is 822. The van der Waals surface area contributed by atoms with Crippen LogP contribution in [0, 0.1) is 5.82 Å². The van der Waals surface area contributed by atoms with Crippen LogP contribution in [0.25, 0.3) is 22.3 Å². The molecule has 3 aromatic rings. The molecule has 0 saturated heterocycles. The lowest BCUT2D eigenvalue weighted by molar-refractivity contribution is 0.615. The third-order valence-electron chi connectivity index (χ3n) is 3.11. The van der Waals surface area contributed by atoms with Gasteiger partial charge in [0.2, 0.25) is 0 Å². The fourth-order valence-electron chi connectivity index (χ4n) is 2.15. The minimum atomic E-state index is -0.321. The molecule has 0 N–H and O–H groups in total.